The summed E-state index contributed by atoms with van der Waals surface area (Å²) in [4.78, 5) is 24.3. The molecule has 0 aromatic heterocycles. The van der Waals surface area contributed by atoms with Gasteiger partial charge in [0.2, 0.25) is 0 Å². The lowest BCUT2D eigenvalue weighted by atomic mass is 9.82. The zero-order valence-electron chi connectivity index (χ0n) is 14.5. The zero-order chi connectivity index (χ0) is 19.6. The van der Waals surface area contributed by atoms with Crippen LogP contribution < -0.4 is 0 Å². The van der Waals surface area contributed by atoms with Crippen LogP contribution in [0.25, 0.3) is 0 Å². The van der Waals surface area contributed by atoms with Gasteiger partial charge in [-0.15, -0.1) is 0 Å². The molecule has 3 rings (SSSR count). The molecule has 0 radical (unpaired) electrons. The van der Waals surface area contributed by atoms with Crippen molar-refractivity contribution >= 4 is 45.9 Å². The molecule has 2 N–H and O–H groups in total. The number of carbonyl (C=O) groups excluding carboxylic acids is 2. The van der Waals surface area contributed by atoms with Crippen LogP contribution in [0, 0.1) is 11.8 Å². The fraction of sp³-hybridized carbons (Fsp3) is 0.444. The summed E-state index contributed by atoms with van der Waals surface area (Å²) in [5.74, 6) is -1.01. The van der Waals surface area contributed by atoms with Crippen molar-refractivity contribution in [2.24, 2.45) is 11.8 Å². The molecule has 1 saturated carbocycles. The SMILES string of the molecule is O=C(OCc1ccccc1)C1CCC(CN2C(=O)C(Cl)=C(Cl)S2(O)O)CC1. The van der Waals surface area contributed by atoms with Gasteiger partial charge >= 0.3 is 5.97 Å². The Balaban J connectivity index is 1.48. The predicted molar refractivity (Wildman–Crippen MR) is 105 cm³/mol. The van der Waals surface area contributed by atoms with E-state index in [9.17, 15) is 18.7 Å². The van der Waals surface area contributed by atoms with Gasteiger partial charge in [-0.25, -0.2) is 4.31 Å². The van der Waals surface area contributed by atoms with Crippen LogP contribution in [0.15, 0.2) is 39.7 Å². The van der Waals surface area contributed by atoms with Crippen molar-refractivity contribution in [2.75, 3.05) is 6.54 Å². The molecule has 9 heteroatoms. The minimum absolute atomic E-state index is 0.0466. The number of halogens is 2. The molecule has 6 nitrogen and oxygen atoms in total. The smallest absolute Gasteiger partial charge is 0.309 e. The highest BCUT2D eigenvalue weighted by molar-refractivity contribution is 8.27. The summed E-state index contributed by atoms with van der Waals surface area (Å²) in [6, 6.07) is 9.50. The van der Waals surface area contributed by atoms with Crippen LogP contribution in [0.1, 0.15) is 31.2 Å². The highest BCUT2D eigenvalue weighted by Gasteiger charge is 2.44. The van der Waals surface area contributed by atoms with Crippen molar-refractivity contribution in [3.05, 3.63) is 45.3 Å². The zero-order valence-corrected chi connectivity index (χ0v) is 16.8. The number of hydrogen-bond donors (Lipinski definition) is 2. The van der Waals surface area contributed by atoms with Crippen molar-refractivity contribution in [2.45, 2.75) is 32.3 Å². The van der Waals surface area contributed by atoms with Gasteiger partial charge in [0.05, 0.1) is 5.92 Å². The third-order valence-corrected chi connectivity index (χ3v) is 7.95. The van der Waals surface area contributed by atoms with Crippen LogP contribution in [0.4, 0.5) is 0 Å². The number of benzene rings is 1. The molecule has 1 aromatic rings. The van der Waals surface area contributed by atoms with Gasteiger partial charge in [-0.05, 0) is 37.2 Å². The molecule has 1 aliphatic carbocycles. The molecule has 0 spiro atoms. The number of amides is 1. The van der Waals surface area contributed by atoms with Gasteiger partial charge in [0.25, 0.3) is 5.91 Å². The first kappa shape index (κ1) is 20.5. The lowest BCUT2D eigenvalue weighted by molar-refractivity contribution is -0.151. The van der Waals surface area contributed by atoms with Gasteiger partial charge in [-0.2, -0.15) is 0 Å². The summed E-state index contributed by atoms with van der Waals surface area (Å²) < 4.78 is 26.2. The minimum Gasteiger partial charge on any atom is -0.461 e. The highest BCUT2D eigenvalue weighted by Crippen LogP contribution is 2.60. The second-order valence-corrected chi connectivity index (χ2v) is 9.65. The van der Waals surface area contributed by atoms with E-state index in [0.717, 1.165) is 9.87 Å². The number of esters is 1. The lowest BCUT2D eigenvalue weighted by Crippen LogP contribution is -2.35. The molecule has 148 valence electrons. The molecule has 0 bridgehead atoms. The number of hydrogen-bond acceptors (Lipinski definition) is 5. The third kappa shape index (κ3) is 4.43. The fourth-order valence-corrected chi connectivity index (χ4v) is 5.43. The minimum atomic E-state index is -3.53. The quantitative estimate of drug-likeness (QED) is 0.657. The Kier molecular flexibility index (Phi) is 6.38. The molecule has 1 fully saturated rings. The van der Waals surface area contributed by atoms with Crippen LogP contribution >= 0.6 is 34.0 Å². The molecular weight excluding hydrogens is 413 g/mol. The summed E-state index contributed by atoms with van der Waals surface area (Å²) >= 11 is 11.5. The second-order valence-electron chi connectivity index (χ2n) is 6.78. The topological polar surface area (TPSA) is 87.1 Å². The maximum Gasteiger partial charge on any atom is 0.309 e. The fourth-order valence-electron chi connectivity index (χ4n) is 3.37. The van der Waals surface area contributed by atoms with E-state index in [1.807, 2.05) is 30.3 Å². The Hall–Kier alpha value is -1.25. The van der Waals surface area contributed by atoms with Gasteiger partial charge in [-0.1, -0.05) is 64.3 Å². The summed E-state index contributed by atoms with van der Waals surface area (Å²) in [6.07, 6.45) is 2.63. The van der Waals surface area contributed by atoms with Crippen molar-refractivity contribution in [1.29, 1.82) is 0 Å². The molecule has 1 aromatic carbocycles. The van der Waals surface area contributed by atoms with E-state index < -0.39 is 21.0 Å². The molecular formula is C18H21Cl2NO5S. The van der Waals surface area contributed by atoms with Crippen molar-refractivity contribution in [1.82, 2.24) is 4.31 Å². The number of rotatable bonds is 5. The van der Waals surface area contributed by atoms with Crippen molar-refractivity contribution in [3.8, 4) is 0 Å². The summed E-state index contributed by atoms with van der Waals surface area (Å²) in [5.41, 5.74) is 0.943. The van der Waals surface area contributed by atoms with Crippen LogP contribution in [-0.2, 0) is 20.9 Å². The average Bonchev–Trinajstić information content (AvgIpc) is 2.82. The monoisotopic (exact) mass is 433 g/mol. The molecule has 0 unspecified atom stereocenters. The van der Waals surface area contributed by atoms with E-state index in [-0.39, 0.29) is 36.0 Å². The van der Waals surface area contributed by atoms with E-state index in [1.165, 1.54) is 0 Å². The van der Waals surface area contributed by atoms with Gasteiger partial charge in [0, 0.05) is 6.54 Å². The predicted octanol–water partition coefficient (Wildman–Crippen LogP) is 4.69. The largest absolute Gasteiger partial charge is 0.461 e. The lowest BCUT2D eigenvalue weighted by Gasteiger charge is -2.39. The Morgan fingerprint density at radius 3 is 2.33 bits per heavy atom. The molecule has 2 aliphatic rings. The first-order valence-corrected chi connectivity index (χ1v) is 10.9. The second kappa shape index (κ2) is 8.41. The molecule has 0 saturated heterocycles. The van der Waals surface area contributed by atoms with Crippen molar-refractivity contribution in [3.63, 3.8) is 0 Å². The summed E-state index contributed by atoms with van der Waals surface area (Å²) in [7, 11) is -3.53. The van der Waals surface area contributed by atoms with E-state index in [2.05, 4.69) is 0 Å². The van der Waals surface area contributed by atoms with E-state index in [1.54, 1.807) is 0 Å². The van der Waals surface area contributed by atoms with E-state index in [4.69, 9.17) is 27.9 Å². The first-order chi connectivity index (χ1) is 12.8. The van der Waals surface area contributed by atoms with E-state index in [0.29, 0.717) is 25.7 Å². The van der Waals surface area contributed by atoms with Gasteiger partial charge in [0.1, 0.15) is 11.6 Å². The first-order valence-electron chi connectivity index (χ1n) is 8.66. The number of nitrogens with zero attached hydrogens (tertiary/aromatic N) is 1. The Labute approximate surface area is 169 Å². The number of carbonyl (C=O) groups is 2. The molecule has 1 heterocycles. The van der Waals surface area contributed by atoms with Crippen LogP contribution in [0.5, 0.6) is 0 Å². The molecule has 1 amide bonds. The van der Waals surface area contributed by atoms with Crippen molar-refractivity contribution < 1.29 is 23.4 Å². The molecule has 0 atom stereocenters. The third-order valence-electron chi connectivity index (χ3n) is 4.96. The average molecular weight is 434 g/mol. The Morgan fingerprint density at radius 1 is 1.15 bits per heavy atom. The van der Waals surface area contributed by atoms with Gasteiger partial charge < -0.3 is 4.74 Å². The molecule has 27 heavy (non-hydrogen) atoms. The van der Waals surface area contributed by atoms with Crippen LogP contribution in [0.3, 0.4) is 0 Å². The van der Waals surface area contributed by atoms with E-state index >= 15 is 0 Å². The Morgan fingerprint density at radius 2 is 1.78 bits per heavy atom. The maximum atomic E-state index is 12.3. The standard InChI is InChI=1S/C18H21Cl2NO5S/c19-15-16(20)27(24,25)21(17(15)22)10-12-6-8-14(9-7-12)18(23)26-11-13-4-2-1-3-5-13/h1-5,12,14,24-25H,6-11H2. The molecule has 1 aliphatic heterocycles. The van der Waals surface area contributed by atoms with Gasteiger partial charge in [0.15, 0.2) is 4.36 Å². The normalized spacial score (nSPS) is 26.2. The summed E-state index contributed by atoms with van der Waals surface area (Å²) in [6.45, 7) is 0.408. The summed E-state index contributed by atoms with van der Waals surface area (Å²) in [5, 5.41) is -0.338. The highest BCUT2D eigenvalue weighted by atomic mass is 35.5. The Bertz CT molecular complexity index is 747. The van der Waals surface area contributed by atoms with Crippen LogP contribution in [-0.4, -0.2) is 31.8 Å². The maximum absolute atomic E-state index is 12.3. The number of ether oxygens (including phenoxy) is 1. The van der Waals surface area contributed by atoms with Crippen LogP contribution in [0.2, 0.25) is 0 Å². The van der Waals surface area contributed by atoms with Gasteiger partial charge in [-0.3, -0.25) is 18.7 Å².